The van der Waals surface area contributed by atoms with E-state index in [1.165, 1.54) is 32.1 Å². The Morgan fingerprint density at radius 1 is 1.30 bits per heavy atom. The Balaban J connectivity index is 0.00000264. The van der Waals surface area contributed by atoms with Gasteiger partial charge in [-0.2, -0.15) is 0 Å². The Labute approximate surface area is 157 Å². The zero-order valence-corrected chi connectivity index (χ0v) is 17.1. The molecule has 0 spiro atoms. The highest BCUT2D eigenvalue weighted by Gasteiger charge is 2.18. The summed E-state index contributed by atoms with van der Waals surface area (Å²) in [5.74, 6) is 4.17. The average molecular weight is 434 g/mol. The molecule has 2 unspecified atom stereocenters. The van der Waals surface area contributed by atoms with Crippen LogP contribution in [0.4, 0.5) is 0 Å². The van der Waals surface area contributed by atoms with Gasteiger partial charge in [0.25, 0.3) is 0 Å². The Hall–Kier alpha value is -0.790. The van der Waals surface area contributed by atoms with Crippen molar-refractivity contribution in [3.05, 3.63) is 17.3 Å². The number of halogens is 1. The van der Waals surface area contributed by atoms with E-state index in [1.807, 2.05) is 13.8 Å². The maximum absolute atomic E-state index is 5.56. The van der Waals surface area contributed by atoms with Crippen molar-refractivity contribution in [3.63, 3.8) is 0 Å². The zero-order chi connectivity index (χ0) is 15.9. The molecule has 1 aromatic rings. The number of aromatic nitrogens is 1. The molecule has 2 rings (SSSR count). The molecule has 0 aliphatic heterocycles. The molecule has 0 aromatic carbocycles. The number of rotatable bonds is 5. The molecule has 23 heavy (non-hydrogen) atoms. The van der Waals surface area contributed by atoms with E-state index in [9.17, 15) is 0 Å². The minimum atomic E-state index is 0. The van der Waals surface area contributed by atoms with Crippen molar-refractivity contribution in [1.82, 2.24) is 15.6 Å². The van der Waals surface area contributed by atoms with Crippen LogP contribution in [-0.2, 0) is 6.54 Å². The third-order valence-corrected chi connectivity index (χ3v) is 4.59. The van der Waals surface area contributed by atoms with Crippen molar-refractivity contribution in [1.29, 1.82) is 0 Å². The second-order valence-corrected chi connectivity index (χ2v) is 6.53. The normalized spacial score (nSPS) is 21.7. The fourth-order valence-electron chi connectivity index (χ4n) is 3.21. The number of aryl methyl sites for hydroxylation is 2. The maximum atomic E-state index is 5.56. The van der Waals surface area contributed by atoms with Gasteiger partial charge in [0.15, 0.2) is 5.96 Å². The van der Waals surface area contributed by atoms with Crippen LogP contribution in [0.3, 0.4) is 0 Å². The summed E-state index contributed by atoms with van der Waals surface area (Å²) in [5.41, 5.74) is 0.950. The van der Waals surface area contributed by atoms with Crippen molar-refractivity contribution in [2.75, 3.05) is 13.6 Å². The molecule has 1 aliphatic carbocycles. The first-order valence-electron chi connectivity index (χ1n) is 8.46. The lowest BCUT2D eigenvalue weighted by molar-refractivity contribution is 0.270. The van der Waals surface area contributed by atoms with Crippen LogP contribution in [-0.4, -0.2) is 24.5 Å². The first-order valence-corrected chi connectivity index (χ1v) is 8.46. The first kappa shape index (κ1) is 20.3. The van der Waals surface area contributed by atoms with Crippen LogP contribution in [0.25, 0.3) is 0 Å². The summed E-state index contributed by atoms with van der Waals surface area (Å²) in [7, 11) is 1.80. The van der Waals surface area contributed by atoms with E-state index in [2.05, 4.69) is 27.5 Å². The molecule has 2 atom stereocenters. The number of aliphatic imine (C=N–C) groups is 1. The number of hydrogen-bond acceptors (Lipinski definition) is 3. The third-order valence-electron chi connectivity index (χ3n) is 4.59. The van der Waals surface area contributed by atoms with Crippen LogP contribution in [0, 0.1) is 25.7 Å². The van der Waals surface area contributed by atoms with Gasteiger partial charge in [0.1, 0.15) is 5.76 Å². The van der Waals surface area contributed by atoms with Crippen LogP contribution in [0.5, 0.6) is 0 Å². The molecule has 2 N–H and O–H groups in total. The van der Waals surface area contributed by atoms with Gasteiger partial charge in [0.2, 0.25) is 5.89 Å². The van der Waals surface area contributed by atoms with Gasteiger partial charge < -0.3 is 15.1 Å². The molecule has 1 aliphatic rings. The minimum absolute atomic E-state index is 0. The van der Waals surface area contributed by atoms with Gasteiger partial charge in [-0.3, -0.25) is 4.99 Å². The average Bonchev–Trinajstić information content (AvgIpc) is 2.81. The molecule has 0 amide bonds. The van der Waals surface area contributed by atoms with E-state index in [0.717, 1.165) is 35.8 Å². The highest BCUT2D eigenvalue weighted by Crippen LogP contribution is 2.30. The van der Waals surface area contributed by atoms with Gasteiger partial charge in [-0.25, -0.2) is 4.98 Å². The van der Waals surface area contributed by atoms with Crippen LogP contribution in [0.2, 0.25) is 0 Å². The molecule has 1 heterocycles. The molecular formula is C17H31IN4O. The van der Waals surface area contributed by atoms with Gasteiger partial charge in [0, 0.05) is 13.6 Å². The molecule has 1 saturated carbocycles. The minimum Gasteiger partial charge on any atom is -0.444 e. The fourth-order valence-corrected chi connectivity index (χ4v) is 3.21. The van der Waals surface area contributed by atoms with Crippen molar-refractivity contribution in [3.8, 4) is 0 Å². The Morgan fingerprint density at radius 2 is 2.09 bits per heavy atom. The standard InChI is InChI=1S/C17H30N4O.HI/c1-12-6-5-7-15(10-12)8-9-19-17(18-4)20-11-16-21-13(2)14(3)22-16;/h12,15H,5-11H2,1-4H3,(H2,18,19,20);1H. The van der Waals surface area contributed by atoms with E-state index >= 15 is 0 Å². The number of guanidine groups is 1. The smallest absolute Gasteiger partial charge is 0.214 e. The Kier molecular flexibility index (Phi) is 8.94. The summed E-state index contributed by atoms with van der Waals surface area (Å²) in [6, 6.07) is 0. The summed E-state index contributed by atoms with van der Waals surface area (Å²) >= 11 is 0. The van der Waals surface area contributed by atoms with Crippen LogP contribution < -0.4 is 10.6 Å². The molecule has 0 bridgehead atoms. The summed E-state index contributed by atoms with van der Waals surface area (Å²) in [6.45, 7) is 7.81. The second-order valence-electron chi connectivity index (χ2n) is 6.53. The first-order chi connectivity index (χ1) is 10.6. The molecular weight excluding hydrogens is 403 g/mol. The quantitative estimate of drug-likeness (QED) is 0.421. The van der Waals surface area contributed by atoms with Crippen molar-refractivity contribution >= 4 is 29.9 Å². The highest BCUT2D eigenvalue weighted by molar-refractivity contribution is 14.0. The predicted octanol–water partition coefficient (Wildman–Crippen LogP) is 3.79. The van der Waals surface area contributed by atoms with Crippen molar-refractivity contribution in [2.24, 2.45) is 16.8 Å². The molecule has 0 saturated heterocycles. The maximum Gasteiger partial charge on any atom is 0.214 e. The fraction of sp³-hybridized carbons (Fsp3) is 0.765. The van der Waals surface area contributed by atoms with Gasteiger partial charge in [0.05, 0.1) is 12.2 Å². The van der Waals surface area contributed by atoms with Crippen molar-refractivity contribution in [2.45, 2.75) is 59.4 Å². The lowest BCUT2D eigenvalue weighted by Gasteiger charge is -2.26. The molecule has 1 aromatic heterocycles. The topological polar surface area (TPSA) is 62.5 Å². The van der Waals surface area contributed by atoms with E-state index < -0.39 is 0 Å². The number of hydrogen-bond donors (Lipinski definition) is 2. The van der Waals surface area contributed by atoms with E-state index in [4.69, 9.17) is 4.42 Å². The Bertz CT molecular complexity index is 481. The number of nitrogens with zero attached hydrogens (tertiary/aromatic N) is 2. The van der Waals surface area contributed by atoms with Crippen molar-refractivity contribution < 1.29 is 4.42 Å². The van der Waals surface area contributed by atoms with Crippen LogP contribution in [0.1, 0.15) is 56.4 Å². The van der Waals surface area contributed by atoms with E-state index in [-0.39, 0.29) is 24.0 Å². The summed E-state index contributed by atoms with van der Waals surface area (Å²) in [6.07, 6.45) is 6.78. The lowest BCUT2D eigenvalue weighted by Crippen LogP contribution is -2.38. The summed E-state index contributed by atoms with van der Waals surface area (Å²) in [5, 5.41) is 6.65. The van der Waals surface area contributed by atoms with Crippen LogP contribution in [0.15, 0.2) is 9.41 Å². The largest absolute Gasteiger partial charge is 0.444 e. The summed E-state index contributed by atoms with van der Waals surface area (Å²) in [4.78, 5) is 8.62. The summed E-state index contributed by atoms with van der Waals surface area (Å²) < 4.78 is 5.56. The SMILES string of the molecule is CN=C(NCCC1CCCC(C)C1)NCc1nc(C)c(C)o1.I. The molecule has 0 radical (unpaired) electrons. The van der Waals surface area contributed by atoms with E-state index in [0.29, 0.717) is 12.4 Å². The monoisotopic (exact) mass is 434 g/mol. The van der Waals surface area contributed by atoms with Gasteiger partial charge in [-0.05, 0) is 38.5 Å². The number of nitrogens with one attached hydrogen (secondary N) is 2. The molecule has 6 heteroatoms. The van der Waals surface area contributed by atoms with Gasteiger partial charge >= 0.3 is 0 Å². The lowest BCUT2D eigenvalue weighted by atomic mass is 9.81. The third kappa shape index (κ3) is 6.69. The van der Waals surface area contributed by atoms with Crippen LogP contribution >= 0.6 is 24.0 Å². The predicted molar refractivity (Wildman–Crippen MR) is 105 cm³/mol. The Morgan fingerprint density at radius 3 is 2.70 bits per heavy atom. The van der Waals surface area contributed by atoms with Gasteiger partial charge in [-0.15, -0.1) is 24.0 Å². The zero-order valence-electron chi connectivity index (χ0n) is 14.8. The molecule has 132 valence electrons. The highest BCUT2D eigenvalue weighted by atomic mass is 127. The molecule has 1 fully saturated rings. The van der Waals surface area contributed by atoms with Gasteiger partial charge in [-0.1, -0.05) is 26.2 Å². The number of oxazole rings is 1. The molecule has 5 nitrogen and oxygen atoms in total. The second kappa shape index (κ2) is 10.2. The van der Waals surface area contributed by atoms with E-state index in [1.54, 1.807) is 7.05 Å².